The molecule has 2 aromatic carbocycles. The van der Waals surface area contributed by atoms with Crippen LogP contribution in [0.25, 0.3) is 11.0 Å². The summed E-state index contributed by atoms with van der Waals surface area (Å²) in [6, 6.07) is 16.9. The van der Waals surface area contributed by atoms with Gasteiger partial charge in [-0.15, -0.1) is 0 Å². The summed E-state index contributed by atoms with van der Waals surface area (Å²) >= 11 is 1.55. The average molecular weight is 422 g/mol. The fourth-order valence-corrected chi connectivity index (χ4v) is 5.20. The van der Waals surface area contributed by atoms with Crippen LogP contribution in [0.3, 0.4) is 0 Å². The number of hydrogen-bond donors (Lipinski definition) is 1. The third kappa shape index (κ3) is 4.89. The van der Waals surface area contributed by atoms with E-state index in [0.717, 1.165) is 48.4 Å². The maximum atomic E-state index is 12.8. The second-order valence-corrected chi connectivity index (χ2v) is 9.04. The second kappa shape index (κ2) is 10.2. The van der Waals surface area contributed by atoms with Gasteiger partial charge in [-0.2, -0.15) is 0 Å². The fraction of sp³-hybridized carbons (Fsp3) is 0.440. The molecule has 1 N–H and O–H groups in total. The molecule has 1 aromatic heterocycles. The summed E-state index contributed by atoms with van der Waals surface area (Å²) in [4.78, 5) is 17.6. The largest absolute Gasteiger partial charge is 0.349 e. The van der Waals surface area contributed by atoms with Gasteiger partial charge in [-0.3, -0.25) is 4.79 Å². The number of aromatic nitrogens is 2. The predicted octanol–water partition coefficient (Wildman–Crippen LogP) is 5.90. The zero-order chi connectivity index (χ0) is 20.8. The smallest absolute Gasteiger partial charge is 0.230 e. The molecule has 1 heterocycles. The van der Waals surface area contributed by atoms with Gasteiger partial charge < -0.3 is 9.88 Å². The summed E-state index contributed by atoms with van der Waals surface area (Å²) in [6.45, 7) is 3.19. The molecule has 158 valence electrons. The van der Waals surface area contributed by atoms with Gasteiger partial charge in [-0.25, -0.2) is 4.98 Å². The Hall–Kier alpha value is -2.27. The van der Waals surface area contributed by atoms with Crippen LogP contribution in [0.1, 0.15) is 62.6 Å². The van der Waals surface area contributed by atoms with Gasteiger partial charge in [0.25, 0.3) is 0 Å². The van der Waals surface area contributed by atoms with E-state index in [1.807, 2.05) is 6.07 Å². The summed E-state index contributed by atoms with van der Waals surface area (Å²) in [6.07, 6.45) is 8.13. The number of fused-ring (bicyclic) bond motifs is 2. The van der Waals surface area contributed by atoms with E-state index in [9.17, 15) is 4.79 Å². The van der Waals surface area contributed by atoms with Crippen LogP contribution >= 0.6 is 11.8 Å². The lowest BCUT2D eigenvalue weighted by atomic mass is 9.88. The molecule has 4 nitrogen and oxygen atoms in total. The van der Waals surface area contributed by atoms with E-state index in [2.05, 4.69) is 59.3 Å². The van der Waals surface area contributed by atoms with Crippen molar-refractivity contribution in [3.8, 4) is 0 Å². The van der Waals surface area contributed by atoms with Gasteiger partial charge >= 0.3 is 0 Å². The molecular formula is C25H31N3OS. The number of para-hydroxylation sites is 2. The Labute approximate surface area is 183 Å². The molecule has 1 aliphatic carbocycles. The van der Waals surface area contributed by atoms with Gasteiger partial charge in [0.1, 0.15) is 0 Å². The summed E-state index contributed by atoms with van der Waals surface area (Å²) in [7, 11) is 0. The van der Waals surface area contributed by atoms with E-state index in [4.69, 9.17) is 4.98 Å². The number of carbonyl (C=O) groups is 1. The number of carbonyl (C=O) groups excluding carboxylic acids is 1. The molecule has 1 atom stereocenters. The lowest BCUT2D eigenvalue weighted by Gasteiger charge is -2.26. The molecule has 0 spiro atoms. The molecular weight excluding hydrogens is 390 g/mol. The van der Waals surface area contributed by atoms with Crippen molar-refractivity contribution in [2.24, 2.45) is 0 Å². The highest BCUT2D eigenvalue weighted by molar-refractivity contribution is 7.99. The molecule has 0 unspecified atom stereocenters. The van der Waals surface area contributed by atoms with Crippen LogP contribution in [-0.2, 0) is 17.8 Å². The van der Waals surface area contributed by atoms with Crippen LogP contribution in [0, 0.1) is 0 Å². The molecule has 1 amide bonds. The number of amides is 1. The summed E-state index contributed by atoms with van der Waals surface area (Å²) < 4.78 is 2.29. The van der Waals surface area contributed by atoms with Crippen LogP contribution < -0.4 is 5.32 Å². The topological polar surface area (TPSA) is 46.9 Å². The zero-order valence-corrected chi connectivity index (χ0v) is 18.6. The minimum atomic E-state index is 0.0892. The van der Waals surface area contributed by atoms with Crippen molar-refractivity contribution in [3.05, 3.63) is 59.7 Å². The Morgan fingerprint density at radius 1 is 1.13 bits per heavy atom. The molecule has 0 radical (unpaired) electrons. The number of unbranched alkanes of at least 4 members (excludes halogenated alkanes) is 3. The van der Waals surface area contributed by atoms with Crippen LogP contribution in [0.4, 0.5) is 0 Å². The number of rotatable bonds is 9. The van der Waals surface area contributed by atoms with E-state index in [1.165, 1.54) is 30.4 Å². The lowest BCUT2D eigenvalue weighted by molar-refractivity contribution is -0.119. The Morgan fingerprint density at radius 2 is 1.97 bits per heavy atom. The van der Waals surface area contributed by atoms with Crippen LogP contribution in [-0.4, -0.2) is 21.2 Å². The second-order valence-electron chi connectivity index (χ2n) is 8.10. The minimum absolute atomic E-state index is 0.0892. The molecule has 0 aliphatic heterocycles. The van der Waals surface area contributed by atoms with E-state index < -0.39 is 0 Å². The third-order valence-corrected chi connectivity index (χ3v) is 6.87. The van der Waals surface area contributed by atoms with Crippen LogP contribution in [0.5, 0.6) is 0 Å². The first-order valence-electron chi connectivity index (χ1n) is 11.2. The highest BCUT2D eigenvalue weighted by Crippen LogP contribution is 2.30. The first-order valence-corrected chi connectivity index (χ1v) is 12.2. The van der Waals surface area contributed by atoms with Gasteiger partial charge in [-0.1, -0.05) is 74.3 Å². The van der Waals surface area contributed by atoms with Gasteiger partial charge in [0.2, 0.25) is 5.91 Å². The van der Waals surface area contributed by atoms with E-state index >= 15 is 0 Å². The molecule has 4 rings (SSSR count). The number of aryl methyl sites for hydroxylation is 2. The van der Waals surface area contributed by atoms with Crippen molar-refractivity contribution in [2.45, 2.75) is 69.6 Å². The van der Waals surface area contributed by atoms with Crippen molar-refractivity contribution in [1.29, 1.82) is 0 Å². The summed E-state index contributed by atoms with van der Waals surface area (Å²) in [5.74, 6) is 0.489. The molecule has 0 saturated heterocycles. The maximum Gasteiger partial charge on any atom is 0.230 e. The van der Waals surface area contributed by atoms with Crippen molar-refractivity contribution in [1.82, 2.24) is 14.9 Å². The van der Waals surface area contributed by atoms with Crippen molar-refractivity contribution >= 4 is 28.7 Å². The number of benzene rings is 2. The summed E-state index contributed by atoms with van der Waals surface area (Å²) in [5, 5.41) is 4.21. The monoisotopic (exact) mass is 421 g/mol. The average Bonchev–Trinajstić information content (AvgIpc) is 3.13. The first kappa shape index (κ1) is 21.0. The summed E-state index contributed by atoms with van der Waals surface area (Å²) in [5.41, 5.74) is 4.83. The Kier molecular flexibility index (Phi) is 7.11. The Bertz CT molecular complexity index is 997. The van der Waals surface area contributed by atoms with Crippen molar-refractivity contribution in [2.75, 3.05) is 5.75 Å². The molecule has 30 heavy (non-hydrogen) atoms. The lowest BCUT2D eigenvalue weighted by Crippen LogP contribution is -2.32. The van der Waals surface area contributed by atoms with Gasteiger partial charge in [-0.05, 0) is 48.9 Å². The molecule has 1 aliphatic rings. The quantitative estimate of drug-likeness (QED) is 0.345. The first-order chi connectivity index (χ1) is 14.8. The zero-order valence-electron chi connectivity index (χ0n) is 17.8. The normalized spacial score (nSPS) is 15.8. The number of imidazole rings is 1. The highest BCUT2D eigenvalue weighted by Gasteiger charge is 2.21. The van der Waals surface area contributed by atoms with Gasteiger partial charge in [0.15, 0.2) is 5.16 Å². The number of nitrogens with zero attached hydrogens (tertiary/aromatic N) is 2. The van der Waals surface area contributed by atoms with E-state index in [1.54, 1.807) is 11.8 Å². The van der Waals surface area contributed by atoms with Crippen LogP contribution in [0.2, 0.25) is 0 Å². The fourth-order valence-electron chi connectivity index (χ4n) is 4.35. The molecule has 3 aromatic rings. The van der Waals surface area contributed by atoms with Crippen LogP contribution in [0.15, 0.2) is 53.7 Å². The van der Waals surface area contributed by atoms with Gasteiger partial charge in [0, 0.05) is 6.54 Å². The molecule has 0 fully saturated rings. The van der Waals surface area contributed by atoms with Gasteiger partial charge in [0.05, 0.1) is 22.8 Å². The van der Waals surface area contributed by atoms with E-state index in [0.29, 0.717) is 5.75 Å². The Balaban J connectivity index is 1.41. The third-order valence-electron chi connectivity index (χ3n) is 5.89. The minimum Gasteiger partial charge on any atom is -0.349 e. The van der Waals surface area contributed by atoms with Crippen molar-refractivity contribution in [3.63, 3.8) is 0 Å². The maximum absolute atomic E-state index is 12.8. The number of hydrogen-bond acceptors (Lipinski definition) is 3. The molecule has 0 saturated carbocycles. The van der Waals surface area contributed by atoms with Crippen molar-refractivity contribution < 1.29 is 4.79 Å². The number of thioether (sulfide) groups is 1. The molecule has 5 heteroatoms. The molecule has 0 bridgehead atoms. The SMILES string of the molecule is CCCCCCn1c(SCC(=O)N[C@H]2CCCc3ccccc32)nc2ccccc21. The predicted molar refractivity (Wildman–Crippen MR) is 125 cm³/mol. The Morgan fingerprint density at radius 3 is 2.87 bits per heavy atom. The highest BCUT2D eigenvalue weighted by atomic mass is 32.2. The number of nitrogens with one attached hydrogen (secondary N) is 1. The standard InChI is InChI=1S/C25H31N3OS/c1-2-3-4-9-17-28-23-16-8-7-14-22(23)27-25(28)30-18-24(29)26-21-15-10-12-19-11-5-6-13-20(19)21/h5-8,11,13-14,16,21H,2-4,9-10,12,15,17-18H2,1H3,(H,26,29)/t21-/m0/s1. The van der Waals surface area contributed by atoms with E-state index in [-0.39, 0.29) is 11.9 Å².